The number of aromatic amines is 1. The summed E-state index contributed by atoms with van der Waals surface area (Å²) in [6.07, 6.45) is 0. The molecule has 0 saturated carbocycles. The van der Waals surface area contributed by atoms with Crippen molar-refractivity contribution in [3.8, 4) is 0 Å². The molecule has 0 bridgehead atoms. The van der Waals surface area contributed by atoms with E-state index in [-0.39, 0.29) is 17.3 Å². The van der Waals surface area contributed by atoms with E-state index in [0.717, 1.165) is 17.8 Å². The van der Waals surface area contributed by atoms with E-state index in [1.165, 1.54) is 0 Å². The molecule has 0 fully saturated rings. The second-order valence-corrected chi connectivity index (χ2v) is 3.70. The minimum Gasteiger partial charge on any atom is -0.356 e. The zero-order chi connectivity index (χ0) is 10.3. The summed E-state index contributed by atoms with van der Waals surface area (Å²) in [5, 5.41) is 0.328. The first-order chi connectivity index (χ1) is 6.59. The van der Waals surface area contributed by atoms with Crippen molar-refractivity contribution in [2.45, 2.75) is 19.8 Å². The smallest absolute Gasteiger partial charge is 0.147 e. The highest BCUT2D eigenvalue weighted by Crippen LogP contribution is 2.25. The third kappa shape index (κ3) is 1.29. The predicted octanol–water partition coefficient (Wildman–Crippen LogP) is 3.57. The van der Waals surface area contributed by atoms with Gasteiger partial charge in [-0.15, -0.1) is 0 Å². The highest BCUT2D eigenvalue weighted by Gasteiger charge is 2.11. The van der Waals surface area contributed by atoms with Gasteiger partial charge in [0.25, 0.3) is 0 Å². The molecular formula is C11H11F2N. The summed E-state index contributed by atoms with van der Waals surface area (Å²) in [7, 11) is 0. The van der Waals surface area contributed by atoms with Crippen molar-refractivity contribution in [1.82, 2.24) is 4.98 Å². The Bertz CT molecular complexity index is 432. The minimum atomic E-state index is -0.409. The molecule has 0 saturated heterocycles. The Labute approximate surface area is 80.7 Å². The number of hydrogen-bond acceptors (Lipinski definition) is 0. The lowest BCUT2D eigenvalue weighted by Crippen LogP contribution is -1.85. The van der Waals surface area contributed by atoms with Crippen LogP contribution in [0.3, 0.4) is 0 Å². The van der Waals surface area contributed by atoms with Crippen molar-refractivity contribution in [3.63, 3.8) is 0 Å². The number of hydrogen-bond donors (Lipinski definition) is 1. The van der Waals surface area contributed by atoms with Gasteiger partial charge in [-0.1, -0.05) is 13.8 Å². The summed E-state index contributed by atoms with van der Waals surface area (Å²) in [4.78, 5) is 2.89. The SMILES string of the molecule is CC(C)c1cc2c(F)ccc(F)c2[nH]1. The molecule has 3 heteroatoms. The van der Waals surface area contributed by atoms with Crippen LogP contribution in [0.2, 0.25) is 0 Å². The second kappa shape index (κ2) is 3.08. The van der Waals surface area contributed by atoms with E-state index in [4.69, 9.17) is 0 Å². The van der Waals surface area contributed by atoms with Crippen LogP contribution in [-0.2, 0) is 0 Å². The van der Waals surface area contributed by atoms with Crippen LogP contribution in [0.4, 0.5) is 8.78 Å². The molecule has 1 aromatic heterocycles. The van der Waals surface area contributed by atoms with Crippen molar-refractivity contribution in [2.75, 3.05) is 0 Å². The third-order valence-electron chi connectivity index (χ3n) is 2.33. The molecule has 0 radical (unpaired) electrons. The Hall–Kier alpha value is -1.38. The molecule has 0 aliphatic carbocycles. The van der Waals surface area contributed by atoms with Crippen molar-refractivity contribution < 1.29 is 8.78 Å². The van der Waals surface area contributed by atoms with Gasteiger partial charge in [-0.2, -0.15) is 0 Å². The summed E-state index contributed by atoms with van der Waals surface area (Å²) in [5.41, 5.74) is 1.11. The number of H-pyrrole nitrogens is 1. The molecule has 2 aromatic rings. The van der Waals surface area contributed by atoms with Gasteiger partial charge in [0.2, 0.25) is 0 Å². The standard InChI is InChI=1S/C11H11F2N/c1-6(2)10-5-7-8(12)3-4-9(13)11(7)14-10/h3-6,14H,1-2H3. The van der Waals surface area contributed by atoms with E-state index >= 15 is 0 Å². The Morgan fingerprint density at radius 2 is 1.79 bits per heavy atom. The summed E-state index contributed by atoms with van der Waals surface area (Å²) in [6.45, 7) is 3.95. The molecule has 1 N–H and O–H groups in total. The van der Waals surface area contributed by atoms with Crippen molar-refractivity contribution in [3.05, 3.63) is 35.5 Å². The van der Waals surface area contributed by atoms with Gasteiger partial charge in [-0.25, -0.2) is 8.78 Å². The number of nitrogens with one attached hydrogen (secondary N) is 1. The number of fused-ring (bicyclic) bond motifs is 1. The molecule has 1 aromatic carbocycles. The average molecular weight is 195 g/mol. The van der Waals surface area contributed by atoms with Crippen LogP contribution in [0.25, 0.3) is 10.9 Å². The minimum absolute atomic E-state index is 0.237. The van der Waals surface area contributed by atoms with Gasteiger partial charge in [-0.05, 0) is 24.1 Å². The van der Waals surface area contributed by atoms with Gasteiger partial charge in [0.15, 0.2) is 0 Å². The largest absolute Gasteiger partial charge is 0.356 e. The maximum atomic E-state index is 13.3. The quantitative estimate of drug-likeness (QED) is 0.716. The van der Waals surface area contributed by atoms with Crippen LogP contribution in [-0.4, -0.2) is 4.98 Å². The molecule has 0 aliphatic heterocycles. The first-order valence-corrected chi connectivity index (χ1v) is 4.56. The molecule has 1 heterocycles. The van der Waals surface area contributed by atoms with E-state index in [0.29, 0.717) is 5.39 Å². The number of aromatic nitrogens is 1. The first kappa shape index (κ1) is 9.19. The average Bonchev–Trinajstić information content (AvgIpc) is 2.57. The van der Waals surface area contributed by atoms with E-state index in [1.54, 1.807) is 6.07 Å². The van der Waals surface area contributed by atoms with E-state index in [1.807, 2.05) is 13.8 Å². The summed E-state index contributed by atoms with van der Waals surface area (Å²) < 4.78 is 26.5. The third-order valence-corrected chi connectivity index (χ3v) is 2.33. The van der Waals surface area contributed by atoms with Crippen LogP contribution in [0.1, 0.15) is 25.5 Å². The molecular weight excluding hydrogens is 184 g/mol. The first-order valence-electron chi connectivity index (χ1n) is 4.56. The van der Waals surface area contributed by atoms with Crippen LogP contribution in [0.5, 0.6) is 0 Å². The van der Waals surface area contributed by atoms with Gasteiger partial charge in [0.05, 0.1) is 5.52 Å². The van der Waals surface area contributed by atoms with E-state index in [2.05, 4.69) is 4.98 Å². The maximum absolute atomic E-state index is 13.3. The Morgan fingerprint density at radius 1 is 1.14 bits per heavy atom. The van der Waals surface area contributed by atoms with Crippen molar-refractivity contribution in [2.24, 2.45) is 0 Å². The van der Waals surface area contributed by atoms with Crippen LogP contribution >= 0.6 is 0 Å². The fourth-order valence-electron chi connectivity index (χ4n) is 1.48. The van der Waals surface area contributed by atoms with E-state index in [9.17, 15) is 8.78 Å². The Kier molecular flexibility index (Phi) is 2.02. The molecule has 14 heavy (non-hydrogen) atoms. The highest BCUT2D eigenvalue weighted by atomic mass is 19.1. The van der Waals surface area contributed by atoms with Gasteiger partial charge < -0.3 is 4.98 Å². The Morgan fingerprint density at radius 3 is 2.36 bits per heavy atom. The lowest BCUT2D eigenvalue weighted by molar-refractivity contribution is 0.616. The molecule has 0 spiro atoms. The van der Waals surface area contributed by atoms with Gasteiger partial charge in [-0.3, -0.25) is 0 Å². The zero-order valence-corrected chi connectivity index (χ0v) is 8.07. The van der Waals surface area contributed by atoms with Crippen LogP contribution < -0.4 is 0 Å². The maximum Gasteiger partial charge on any atom is 0.147 e. The van der Waals surface area contributed by atoms with Gasteiger partial charge >= 0.3 is 0 Å². The molecule has 1 nitrogen and oxygen atoms in total. The van der Waals surface area contributed by atoms with E-state index < -0.39 is 5.82 Å². The zero-order valence-electron chi connectivity index (χ0n) is 8.07. The predicted molar refractivity (Wildman–Crippen MR) is 52.3 cm³/mol. The normalized spacial score (nSPS) is 11.5. The van der Waals surface area contributed by atoms with Crippen LogP contribution in [0.15, 0.2) is 18.2 Å². The number of benzene rings is 1. The molecule has 0 amide bonds. The number of rotatable bonds is 1. The lowest BCUT2D eigenvalue weighted by Gasteiger charge is -1.97. The molecule has 0 aliphatic rings. The fraction of sp³-hybridized carbons (Fsp3) is 0.273. The molecule has 74 valence electrons. The summed E-state index contributed by atoms with van der Waals surface area (Å²) in [6, 6.07) is 3.95. The Balaban J connectivity index is 2.75. The fourth-order valence-corrected chi connectivity index (χ4v) is 1.48. The van der Waals surface area contributed by atoms with Crippen molar-refractivity contribution in [1.29, 1.82) is 0 Å². The van der Waals surface area contributed by atoms with Crippen molar-refractivity contribution >= 4 is 10.9 Å². The second-order valence-electron chi connectivity index (χ2n) is 3.70. The number of halogens is 2. The summed E-state index contributed by atoms with van der Waals surface area (Å²) in [5.74, 6) is -0.556. The summed E-state index contributed by atoms with van der Waals surface area (Å²) >= 11 is 0. The monoisotopic (exact) mass is 195 g/mol. The molecule has 0 atom stereocenters. The lowest BCUT2D eigenvalue weighted by atomic mass is 10.1. The van der Waals surface area contributed by atoms with Gasteiger partial charge in [0.1, 0.15) is 11.6 Å². The highest BCUT2D eigenvalue weighted by molar-refractivity contribution is 5.81. The van der Waals surface area contributed by atoms with Crippen LogP contribution in [0, 0.1) is 11.6 Å². The topological polar surface area (TPSA) is 15.8 Å². The molecule has 0 unspecified atom stereocenters. The van der Waals surface area contributed by atoms with Gasteiger partial charge in [0, 0.05) is 11.1 Å². The molecule has 2 rings (SSSR count).